The molecular formula is C19H18O3. The number of fused-ring (bicyclic) bond motifs is 2. The van der Waals surface area contributed by atoms with Gasteiger partial charge in [0.1, 0.15) is 5.60 Å². The lowest BCUT2D eigenvalue weighted by molar-refractivity contribution is 0.158. The van der Waals surface area contributed by atoms with Crippen molar-refractivity contribution in [3.63, 3.8) is 0 Å². The third-order valence-corrected chi connectivity index (χ3v) is 4.14. The second-order valence-electron chi connectivity index (χ2n) is 5.97. The number of aliphatic hydroxyl groups is 2. The van der Waals surface area contributed by atoms with Gasteiger partial charge in [0.25, 0.3) is 0 Å². The molecule has 3 heteroatoms. The van der Waals surface area contributed by atoms with Gasteiger partial charge in [-0.3, -0.25) is 4.79 Å². The standard InChI is InChI=1S/C19H18O3/c1-12-14-8-7-13-5-3-4-6-15(13)18(21)16(14)9-10-19(2,22)11-17(12)20/h3-12,20,22H,1-2H3/b10-9-,17-11+. The van der Waals surface area contributed by atoms with E-state index in [0.29, 0.717) is 10.9 Å². The zero-order valence-electron chi connectivity index (χ0n) is 12.6. The van der Waals surface area contributed by atoms with Gasteiger partial charge in [0.2, 0.25) is 0 Å². The maximum Gasteiger partial charge on any atom is 0.193 e. The van der Waals surface area contributed by atoms with Gasteiger partial charge in [-0.05, 0) is 30.0 Å². The highest BCUT2D eigenvalue weighted by atomic mass is 16.3. The summed E-state index contributed by atoms with van der Waals surface area (Å²) in [6.07, 6.45) is 4.60. The van der Waals surface area contributed by atoms with Gasteiger partial charge in [0, 0.05) is 16.9 Å². The van der Waals surface area contributed by atoms with Crippen molar-refractivity contribution >= 4 is 16.8 Å². The number of rotatable bonds is 0. The van der Waals surface area contributed by atoms with Crippen LogP contribution < -0.4 is 5.43 Å². The van der Waals surface area contributed by atoms with E-state index >= 15 is 0 Å². The third kappa shape index (κ3) is 2.44. The first kappa shape index (κ1) is 14.5. The lowest BCUT2D eigenvalue weighted by atomic mass is 9.89. The molecule has 2 unspecified atom stereocenters. The van der Waals surface area contributed by atoms with Crippen LogP contribution in [0.1, 0.15) is 30.9 Å². The molecule has 0 saturated carbocycles. The first-order chi connectivity index (χ1) is 10.4. The van der Waals surface area contributed by atoms with E-state index in [1.54, 1.807) is 19.1 Å². The summed E-state index contributed by atoms with van der Waals surface area (Å²) in [5.74, 6) is -0.300. The Morgan fingerprint density at radius 3 is 2.64 bits per heavy atom. The van der Waals surface area contributed by atoms with E-state index in [2.05, 4.69) is 0 Å². The van der Waals surface area contributed by atoms with Crippen molar-refractivity contribution in [2.45, 2.75) is 25.4 Å². The Morgan fingerprint density at radius 1 is 1.14 bits per heavy atom. The van der Waals surface area contributed by atoms with Crippen LogP contribution in [-0.2, 0) is 0 Å². The largest absolute Gasteiger partial charge is 0.512 e. The van der Waals surface area contributed by atoms with Crippen LogP contribution in [0.5, 0.6) is 0 Å². The topological polar surface area (TPSA) is 57.5 Å². The Balaban J connectivity index is 2.43. The molecule has 0 radical (unpaired) electrons. The molecule has 1 aliphatic rings. The van der Waals surface area contributed by atoms with E-state index in [-0.39, 0.29) is 17.1 Å². The number of benzene rings is 1. The molecule has 2 aromatic carbocycles. The zero-order valence-corrected chi connectivity index (χ0v) is 12.6. The smallest absolute Gasteiger partial charge is 0.193 e. The molecule has 0 spiro atoms. The van der Waals surface area contributed by atoms with Crippen molar-refractivity contribution in [2.75, 3.05) is 0 Å². The van der Waals surface area contributed by atoms with Crippen LogP contribution in [0, 0.1) is 0 Å². The fourth-order valence-corrected chi connectivity index (χ4v) is 2.83. The van der Waals surface area contributed by atoms with E-state index in [1.807, 2.05) is 37.3 Å². The van der Waals surface area contributed by atoms with Gasteiger partial charge < -0.3 is 10.2 Å². The molecule has 22 heavy (non-hydrogen) atoms. The lowest BCUT2D eigenvalue weighted by Gasteiger charge is -2.21. The normalized spacial score (nSPS) is 28.1. The van der Waals surface area contributed by atoms with Gasteiger partial charge in [-0.1, -0.05) is 49.4 Å². The van der Waals surface area contributed by atoms with Gasteiger partial charge >= 0.3 is 0 Å². The third-order valence-electron chi connectivity index (χ3n) is 4.14. The zero-order chi connectivity index (χ0) is 15.9. The summed E-state index contributed by atoms with van der Waals surface area (Å²) >= 11 is 0. The predicted molar refractivity (Wildman–Crippen MR) is 89.0 cm³/mol. The van der Waals surface area contributed by atoms with Crippen molar-refractivity contribution in [3.05, 3.63) is 75.7 Å². The van der Waals surface area contributed by atoms with E-state index in [9.17, 15) is 15.0 Å². The monoisotopic (exact) mass is 294 g/mol. The highest BCUT2D eigenvalue weighted by molar-refractivity contribution is 5.84. The average Bonchev–Trinajstić information content (AvgIpc) is 2.61. The minimum Gasteiger partial charge on any atom is -0.512 e. The molecule has 0 bridgehead atoms. The maximum absolute atomic E-state index is 12.9. The second kappa shape index (κ2) is 5.11. The molecule has 3 rings (SSSR count). The summed E-state index contributed by atoms with van der Waals surface area (Å²) in [5.41, 5.74) is -0.119. The Hall–Kier alpha value is -2.39. The maximum atomic E-state index is 12.9. The average molecular weight is 294 g/mol. The van der Waals surface area contributed by atoms with Gasteiger partial charge in [-0.15, -0.1) is 0 Å². The van der Waals surface area contributed by atoms with Crippen LogP contribution in [0.3, 0.4) is 0 Å². The molecule has 1 aliphatic carbocycles. The molecule has 0 heterocycles. The van der Waals surface area contributed by atoms with Crippen LogP contribution in [0.2, 0.25) is 0 Å². The van der Waals surface area contributed by atoms with Gasteiger partial charge in [-0.2, -0.15) is 0 Å². The second-order valence-corrected chi connectivity index (χ2v) is 5.97. The molecule has 2 aromatic rings. The number of hydrogen-bond donors (Lipinski definition) is 2. The fraction of sp³-hybridized carbons (Fsp3) is 0.211. The van der Waals surface area contributed by atoms with Crippen molar-refractivity contribution in [3.8, 4) is 0 Å². The van der Waals surface area contributed by atoms with Crippen LogP contribution in [0.15, 0.2) is 59.1 Å². The molecule has 0 fully saturated rings. The summed E-state index contributed by atoms with van der Waals surface area (Å²) in [4.78, 5) is 12.9. The van der Waals surface area contributed by atoms with Crippen molar-refractivity contribution in [1.29, 1.82) is 0 Å². The first-order valence-corrected chi connectivity index (χ1v) is 7.28. The van der Waals surface area contributed by atoms with Crippen LogP contribution >= 0.6 is 0 Å². The fourth-order valence-electron chi connectivity index (χ4n) is 2.83. The summed E-state index contributed by atoms with van der Waals surface area (Å²) in [6.45, 7) is 3.40. The molecule has 0 saturated heterocycles. The molecule has 3 nitrogen and oxygen atoms in total. The summed E-state index contributed by atoms with van der Waals surface area (Å²) in [6, 6.07) is 11.2. The van der Waals surface area contributed by atoms with Crippen LogP contribution in [0.25, 0.3) is 16.8 Å². The molecule has 112 valence electrons. The Morgan fingerprint density at radius 2 is 1.86 bits per heavy atom. The number of aliphatic hydroxyl groups excluding tert-OH is 1. The molecule has 2 N–H and O–H groups in total. The molecule has 0 aromatic heterocycles. The quantitative estimate of drug-likeness (QED) is 0.781. The van der Waals surface area contributed by atoms with E-state index < -0.39 is 5.60 Å². The Labute approximate surface area is 128 Å². The molecule has 2 atom stereocenters. The predicted octanol–water partition coefficient (Wildman–Crippen LogP) is 3.52. The highest BCUT2D eigenvalue weighted by Gasteiger charge is 2.23. The highest BCUT2D eigenvalue weighted by Crippen LogP contribution is 2.30. The first-order valence-electron chi connectivity index (χ1n) is 7.28. The molecule has 0 aliphatic heterocycles. The minimum atomic E-state index is -1.29. The Kier molecular flexibility index (Phi) is 3.38. The van der Waals surface area contributed by atoms with Crippen LogP contribution in [0.4, 0.5) is 0 Å². The number of allylic oxidation sites excluding steroid dienone is 1. The summed E-state index contributed by atoms with van der Waals surface area (Å²) in [5, 5.41) is 22.0. The molecular weight excluding hydrogens is 276 g/mol. The number of hydrogen-bond acceptors (Lipinski definition) is 3. The van der Waals surface area contributed by atoms with Crippen molar-refractivity contribution in [2.24, 2.45) is 0 Å². The minimum absolute atomic E-state index is 0.0604. The summed E-state index contributed by atoms with van der Waals surface area (Å²) < 4.78 is 0. The van der Waals surface area contributed by atoms with Crippen molar-refractivity contribution in [1.82, 2.24) is 0 Å². The summed E-state index contributed by atoms with van der Waals surface area (Å²) in [7, 11) is 0. The Bertz CT molecular complexity index is 860. The van der Waals surface area contributed by atoms with E-state index in [4.69, 9.17) is 0 Å². The van der Waals surface area contributed by atoms with E-state index in [1.165, 1.54) is 12.2 Å². The van der Waals surface area contributed by atoms with Crippen molar-refractivity contribution < 1.29 is 10.2 Å². The molecule has 0 amide bonds. The van der Waals surface area contributed by atoms with Gasteiger partial charge in [0.15, 0.2) is 5.43 Å². The SMILES string of the molecule is CC1/C(O)=C\C(C)(O)/C=C\c2c1ccc1ccccc1c2=O. The van der Waals surface area contributed by atoms with Gasteiger partial charge in [-0.25, -0.2) is 0 Å². The lowest BCUT2D eigenvalue weighted by Crippen LogP contribution is -2.21. The van der Waals surface area contributed by atoms with Gasteiger partial charge in [0.05, 0.1) is 5.76 Å². The van der Waals surface area contributed by atoms with E-state index in [0.717, 1.165) is 10.9 Å². The van der Waals surface area contributed by atoms with Crippen LogP contribution in [-0.4, -0.2) is 15.8 Å².